The predicted molar refractivity (Wildman–Crippen MR) is 109 cm³/mol. The molecule has 2 fully saturated rings. The summed E-state index contributed by atoms with van der Waals surface area (Å²) in [6.45, 7) is 1.65. The number of ether oxygens (including phenoxy) is 4. The molecule has 2 saturated heterocycles. The summed E-state index contributed by atoms with van der Waals surface area (Å²) in [6.07, 6.45) is -2.95. The molecular weight excluding hydrogens is 478 g/mol. The number of halogens is 1. The van der Waals surface area contributed by atoms with Gasteiger partial charge in [-0.2, -0.15) is 0 Å². The highest BCUT2D eigenvalue weighted by Gasteiger charge is 2.54. The maximum absolute atomic E-state index is 12.6. The summed E-state index contributed by atoms with van der Waals surface area (Å²) in [5, 5.41) is 5.45. The molecule has 5 atom stereocenters. The molecular formula is C18H22BrN5O7. The topological polar surface area (TPSA) is 144 Å². The van der Waals surface area contributed by atoms with Gasteiger partial charge < -0.3 is 23.8 Å². The molecule has 168 valence electrons. The maximum Gasteiger partial charge on any atom is 0.328 e. The summed E-state index contributed by atoms with van der Waals surface area (Å²) < 4.78 is 21.1. The third-order valence-corrected chi connectivity index (χ3v) is 5.77. The minimum atomic E-state index is -1.20. The fourth-order valence-corrected chi connectivity index (χ4v) is 3.95. The number of hydrogen-bond donors (Lipinski definition) is 1. The number of amides is 3. The SMILES string of the molecule is COc1ccc(OC[C@H]2O[C@@H](N3C(=O)NC(=O)C(C)(Br)C3OC)CC2ON=[N+]=[N-])cc1. The van der Waals surface area contributed by atoms with Crippen LogP contribution in [-0.4, -0.2) is 66.7 Å². The van der Waals surface area contributed by atoms with Gasteiger partial charge in [-0.1, -0.05) is 15.9 Å². The summed E-state index contributed by atoms with van der Waals surface area (Å²) in [4.78, 5) is 33.8. The van der Waals surface area contributed by atoms with Crippen LogP contribution in [0.1, 0.15) is 13.3 Å². The molecule has 1 aromatic carbocycles. The number of benzene rings is 1. The van der Waals surface area contributed by atoms with Crippen molar-refractivity contribution in [1.82, 2.24) is 10.2 Å². The Morgan fingerprint density at radius 2 is 2.00 bits per heavy atom. The van der Waals surface area contributed by atoms with Crippen molar-refractivity contribution in [2.45, 2.75) is 42.3 Å². The van der Waals surface area contributed by atoms with Gasteiger partial charge in [-0.25, -0.2) is 4.79 Å². The van der Waals surface area contributed by atoms with Crippen LogP contribution >= 0.6 is 15.9 Å². The number of alkyl halides is 1. The molecule has 0 aromatic heterocycles. The zero-order valence-electron chi connectivity index (χ0n) is 17.1. The maximum atomic E-state index is 12.6. The van der Waals surface area contributed by atoms with Gasteiger partial charge in [0.05, 0.1) is 7.11 Å². The second-order valence-electron chi connectivity index (χ2n) is 7.00. The number of nitrogens with zero attached hydrogens (tertiary/aromatic N) is 4. The number of imide groups is 1. The summed E-state index contributed by atoms with van der Waals surface area (Å²) in [5.41, 5.74) is 8.62. The molecule has 1 N–H and O–H groups in total. The van der Waals surface area contributed by atoms with Gasteiger partial charge in [-0.05, 0) is 36.7 Å². The molecule has 2 aliphatic heterocycles. The van der Waals surface area contributed by atoms with E-state index in [1.165, 1.54) is 12.0 Å². The van der Waals surface area contributed by atoms with E-state index < -0.39 is 40.9 Å². The minimum Gasteiger partial charge on any atom is -0.497 e. The van der Waals surface area contributed by atoms with Crippen LogP contribution in [0.15, 0.2) is 29.5 Å². The van der Waals surface area contributed by atoms with Gasteiger partial charge in [-0.15, -0.1) is 0 Å². The quantitative estimate of drug-likeness (QED) is 0.190. The second-order valence-corrected chi connectivity index (χ2v) is 8.64. The molecule has 13 heteroatoms. The predicted octanol–water partition coefficient (Wildman–Crippen LogP) is 2.48. The Bertz CT molecular complexity index is 861. The van der Waals surface area contributed by atoms with Gasteiger partial charge >= 0.3 is 6.03 Å². The summed E-state index contributed by atoms with van der Waals surface area (Å²) in [5.74, 6) is 0.725. The molecule has 31 heavy (non-hydrogen) atoms. The monoisotopic (exact) mass is 499 g/mol. The zero-order chi connectivity index (χ0) is 22.6. The van der Waals surface area contributed by atoms with E-state index in [9.17, 15) is 9.59 Å². The third-order valence-electron chi connectivity index (χ3n) is 5.02. The van der Waals surface area contributed by atoms with Crippen molar-refractivity contribution in [1.29, 1.82) is 0 Å². The Hall–Kier alpha value is -2.73. The van der Waals surface area contributed by atoms with Crippen LogP contribution in [0.25, 0.3) is 10.4 Å². The molecule has 2 heterocycles. The molecule has 1 aromatic rings. The van der Waals surface area contributed by atoms with Crippen molar-refractivity contribution in [3.05, 3.63) is 34.7 Å². The smallest absolute Gasteiger partial charge is 0.328 e. The first kappa shape index (κ1) is 22.9. The lowest BCUT2D eigenvalue weighted by molar-refractivity contribution is -0.153. The highest BCUT2D eigenvalue weighted by atomic mass is 79.9. The van der Waals surface area contributed by atoms with Crippen LogP contribution in [0, 0.1) is 0 Å². The van der Waals surface area contributed by atoms with E-state index in [1.54, 1.807) is 38.3 Å². The van der Waals surface area contributed by atoms with E-state index in [4.69, 9.17) is 29.3 Å². The first-order valence-corrected chi connectivity index (χ1v) is 10.1. The number of hydrogen-bond acceptors (Lipinski definition) is 8. The number of rotatable bonds is 8. The first-order valence-electron chi connectivity index (χ1n) is 9.29. The molecule has 3 unspecified atom stereocenters. The molecule has 3 amide bonds. The van der Waals surface area contributed by atoms with Crippen molar-refractivity contribution >= 4 is 27.9 Å². The van der Waals surface area contributed by atoms with Crippen molar-refractivity contribution in [2.75, 3.05) is 20.8 Å². The van der Waals surface area contributed by atoms with Crippen LogP contribution in [0.4, 0.5) is 4.79 Å². The lowest BCUT2D eigenvalue weighted by atomic mass is 10.0. The number of urea groups is 1. The Morgan fingerprint density at radius 1 is 1.32 bits per heavy atom. The van der Waals surface area contributed by atoms with E-state index >= 15 is 0 Å². The molecule has 0 saturated carbocycles. The summed E-state index contributed by atoms with van der Waals surface area (Å²) >= 11 is 3.33. The van der Waals surface area contributed by atoms with E-state index in [2.05, 4.69) is 31.4 Å². The number of azide groups is 1. The van der Waals surface area contributed by atoms with Gasteiger partial charge in [-0.3, -0.25) is 15.0 Å². The van der Waals surface area contributed by atoms with Crippen molar-refractivity contribution in [3.8, 4) is 11.5 Å². The fourth-order valence-electron chi connectivity index (χ4n) is 3.44. The van der Waals surface area contributed by atoms with Crippen LogP contribution in [-0.2, 0) is 19.1 Å². The Labute approximate surface area is 186 Å². The van der Waals surface area contributed by atoms with Crippen LogP contribution in [0.5, 0.6) is 11.5 Å². The van der Waals surface area contributed by atoms with Crippen molar-refractivity contribution < 1.29 is 33.4 Å². The van der Waals surface area contributed by atoms with Gasteiger partial charge in [0.15, 0.2) is 6.23 Å². The van der Waals surface area contributed by atoms with Crippen LogP contribution < -0.4 is 14.8 Å². The van der Waals surface area contributed by atoms with Crippen LogP contribution in [0.2, 0.25) is 0 Å². The van der Waals surface area contributed by atoms with Gasteiger partial charge in [0.2, 0.25) is 5.91 Å². The number of carbonyl (C=O) groups is 2. The highest BCUT2D eigenvalue weighted by molar-refractivity contribution is 9.10. The Morgan fingerprint density at radius 3 is 2.61 bits per heavy atom. The molecule has 3 rings (SSSR count). The average Bonchev–Trinajstić information content (AvgIpc) is 3.15. The minimum absolute atomic E-state index is 0.0616. The highest BCUT2D eigenvalue weighted by Crippen LogP contribution is 2.36. The Balaban J connectivity index is 1.75. The summed E-state index contributed by atoms with van der Waals surface area (Å²) in [7, 11) is 2.95. The number of methoxy groups -OCH3 is 2. The van der Waals surface area contributed by atoms with E-state index in [1.807, 2.05) is 0 Å². The normalized spacial score (nSPS) is 30.4. The first-order chi connectivity index (χ1) is 14.8. The molecule has 0 radical (unpaired) electrons. The van der Waals surface area contributed by atoms with E-state index in [0.717, 1.165) is 0 Å². The zero-order valence-corrected chi connectivity index (χ0v) is 18.6. The molecule has 2 aliphatic rings. The lowest BCUT2D eigenvalue weighted by Gasteiger charge is -2.44. The van der Waals surface area contributed by atoms with Gasteiger partial charge in [0.1, 0.15) is 46.1 Å². The third kappa shape index (κ3) is 4.79. The Kier molecular flexibility index (Phi) is 7.11. The second kappa shape index (κ2) is 9.60. The molecule has 12 nitrogen and oxygen atoms in total. The molecule has 0 aliphatic carbocycles. The van der Waals surface area contributed by atoms with Crippen molar-refractivity contribution in [3.63, 3.8) is 0 Å². The van der Waals surface area contributed by atoms with Gasteiger partial charge in [0, 0.05) is 18.4 Å². The van der Waals surface area contributed by atoms with Crippen molar-refractivity contribution in [2.24, 2.45) is 5.28 Å². The van der Waals surface area contributed by atoms with E-state index in [0.29, 0.717) is 11.5 Å². The van der Waals surface area contributed by atoms with Gasteiger partial charge in [0.25, 0.3) is 0 Å². The molecule has 0 bridgehead atoms. The van der Waals surface area contributed by atoms with E-state index in [-0.39, 0.29) is 13.0 Å². The standard InChI is InChI=1S/C18H22BrN5O7/c1-18(19)15(25)21-17(26)24(16(18)28-3)14-8-12(31-23-22-20)13(30-14)9-29-11-6-4-10(27-2)5-7-11/h4-7,12-14,16H,8-9H2,1-3H3,(H,21,25,26)/t12?,13-,14-,16?,18?/m1/s1. The fraction of sp³-hybridized carbons (Fsp3) is 0.556. The largest absolute Gasteiger partial charge is 0.497 e. The molecule has 0 spiro atoms. The average molecular weight is 500 g/mol. The number of nitrogens with one attached hydrogen (secondary N) is 1. The van der Waals surface area contributed by atoms with Crippen LogP contribution in [0.3, 0.4) is 0 Å². The lowest BCUT2D eigenvalue weighted by Crippen LogP contribution is -2.69. The number of carbonyl (C=O) groups excluding carboxylic acids is 2. The summed E-state index contributed by atoms with van der Waals surface area (Å²) in [6, 6.07) is 6.29.